The fourth-order valence-corrected chi connectivity index (χ4v) is 3.71. The normalized spacial score (nSPS) is 14.3. The number of carbonyl (C=O) groups excluding carboxylic acids is 1. The highest BCUT2D eigenvalue weighted by Crippen LogP contribution is 2.34. The predicted octanol–water partition coefficient (Wildman–Crippen LogP) is 5.84. The van der Waals surface area contributed by atoms with Crippen molar-refractivity contribution in [1.29, 1.82) is 0 Å². The number of methoxy groups -OCH3 is 1. The van der Waals surface area contributed by atoms with Crippen LogP contribution in [0.15, 0.2) is 71.4 Å². The molecule has 0 unspecified atom stereocenters. The molecule has 0 atom stereocenters. The van der Waals surface area contributed by atoms with Gasteiger partial charge < -0.3 is 14.2 Å². The van der Waals surface area contributed by atoms with Gasteiger partial charge in [0.05, 0.1) is 7.11 Å². The molecule has 6 heteroatoms. The molecule has 0 aliphatic carbocycles. The molecule has 5 nitrogen and oxygen atoms in total. The van der Waals surface area contributed by atoms with Gasteiger partial charge in [-0.15, -0.1) is 0 Å². The minimum Gasteiger partial charge on any atom is -0.493 e. The number of cyclic esters (lactones) is 1. The summed E-state index contributed by atoms with van der Waals surface area (Å²) in [6.07, 6.45) is 1.67. The summed E-state index contributed by atoms with van der Waals surface area (Å²) in [5.41, 5.74) is 4.97. The van der Waals surface area contributed by atoms with E-state index in [9.17, 15) is 4.79 Å². The Morgan fingerprint density at radius 2 is 1.88 bits per heavy atom. The van der Waals surface area contributed by atoms with Gasteiger partial charge in [-0.3, -0.25) is 0 Å². The average molecular weight is 539 g/mol. The summed E-state index contributed by atoms with van der Waals surface area (Å²) in [5.74, 6) is 0.927. The number of ether oxygens (including phenoxy) is 3. The first kappa shape index (κ1) is 22.1. The molecule has 0 aromatic heterocycles. The topological polar surface area (TPSA) is 57.1 Å². The molecule has 1 heterocycles. The van der Waals surface area contributed by atoms with Crippen LogP contribution >= 0.6 is 22.6 Å². The van der Waals surface area contributed by atoms with Crippen molar-refractivity contribution >= 4 is 40.5 Å². The van der Waals surface area contributed by atoms with Crippen LogP contribution in [0.2, 0.25) is 0 Å². The second kappa shape index (κ2) is 9.56. The Hall–Kier alpha value is -3.13. The number of aryl methyl sites for hydroxylation is 2. The van der Waals surface area contributed by atoms with E-state index >= 15 is 0 Å². The summed E-state index contributed by atoms with van der Waals surface area (Å²) in [6, 6.07) is 19.5. The van der Waals surface area contributed by atoms with Gasteiger partial charge in [0.15, 0.2) is 17.2 Å². The Balaban J connectivity index is 1.66. The third kappa shape index (κ3) is 4.85. The summed E-state index contributed by atoms with van der Waals surface area (Å²) in [4.78, 5) is 17.0. The van der Waals surface area contributed by atoms with E-state index in [2.05, 4.69) is 33.6 Å². The standard InChI is InChI=1S/C26H22INO4/c1-16-6-4-7-18(12-16)15-31-24-19(8-5-9-23(24)30-3)14-22-26(29)32-25(28-22)20-10-11-21(27)17(2)13-20/h4-14H,15H2,1-3H3/b22-14-. The number of nitrogens with zero attached hydrogens (tertiary/aromatic N) is 1. The maximum absolute atomic E-state index is 12.5. The molecule has 0 radical (unpaired) electrons. The molecule has 0 saturated carbocycles. The zero-order chi connectivity index (χ0) is 22.7. The van der Waals surface area contributed by atoms with Gasteiger partial charge in [0.2, 0.25) is 5.90 Å². The summed E-state index contributed by atoms with van der Waals surface area (Å²) in [5, 5.41) is 0. The molecular weight excluding hydrogens is 517 g/mol. The minimum atomic E-state index is -0.497. The summed E-state index contributed by atoms with van der Waals surface area (Å²) < 4.78 is 18.2. The van der Waals surface area contributed by atoms with Crippen LogP contribution < -0.4 is 9.47 Å². The zero-order valence-electron chi connectivity index (χ0n) is 18.0. The Labute approximate surface area is 200 Å². The fraction of sp³-hybridized carbons (Fsp3) is 0.154. The second-order valence-electron chi connectivity index (χ2n) is 7.46. The van der Waals surface area contributed by atoms with E-state index in [1.165, 1.54) is 0 Å². The Bertz CT molecular complexity index is 1250. The number of hydrogen-bond acceptors (Lipinski definition) is 5. The molecule has 0 spiro atoms. The number of halogens is 1. The van der Waals surface area contributed by atoms with Gasteiger partial charge in [0.1, 0.15) is 6.61 Å². The number of esters is 1. The molecule has 0 N–H and O–H groups in total. The molecule has 3 aromatic carbocycles. The Morgan fingerprint density at radius 1 is 1.06 bits per heavy atom. The maximum atomic E-state index is 12.5. The summed E-state index contributed by atoms with van der Waals surface area (Å²) >= 11 is 2.27. The van der Waals surface area contributed by atoms with Crippen molar-refractivity contribution in [2.24, 2.45) is 4.99 Å². The van der Waals surface area contributed by atoms with Gasteiger partial charge in [-0.2, -0.15) is 0 Å². The maximum Gasteiger partial charge on any atom is 0.363 e. The highest BCUT2D eigenvalue weighted by Gasteiger charge is 2.25. The third-order valence-electron chi connectivity index (χ3n) is 5.01. The van der Waals surface area contributed by atoms with Crippen molar-refractivity contribution in [3.63, 3.8) is 0 Å². The van der Waals surface area contributed by atoms with Gasteiger partial charge in [-0.05, 0) is 77.9 Å². The van der Waals surface area contributed by atoms with Crippen LogP contribution in [0.1, 0.15) is 27.8 Å². The lowest BCUT2D eigenvalue weighted by molar-refractivity contribution is -0.129. The van der Waals surface area contributed by atoms with E-state index in [1.807, 2.05) is 68.4 Å². The van der Waals surface area contributed by atoms with Crippen LogP contribution in [-0.2, 0) is 16.1 Å². The van der Waals surface area contributed by atoms with Crippen LogP contribution in [-0.4, -0.2) is 19.0 Å². The van der Waals surface area contributed by atoms with Gasteiger partial charge in [0, 0.05) is 14.7 Å². The summed E-state index contributed by atoms with van der Waals surface area (Å²) in [7, 11) is 1.59. The van der Waals surface area contributed by atoms with Crippen LogP contribution in [0, 0.1) is 17.4 Å². The van der Waals surface area contributed by atoms with Crippen LogP contribution in [0.3, 0.4) is 0 Å². The molecule has 0 saturated heterocycles. The highest BCUT2D eigenvalue weighted by atomic mass is 127. The van der Waals surface area contributed by atoms with Gasteiger partial charge >= 0.3 is 5.97 Å². The number of aliphatic imine (C=N–C) groups is 1. The van der Waals surface area contributed by atoms with Crippen molar-refractivity contribution < 1.29 is 19.0 Å². The molecule has 162 valence electrons. The smallest absolute Gasteiger partial charge is 0.363 e. The SMILES string of the molecule is COc1cccc(/C=C2\N=C(c3ccc(I)c(C)c3)OC2=O)c1OCc1cccc(C)c1. The van der Waals surface area contributed by atoms with Crippen LogP contribution in [0.5, 0.6) is 11.5 Å². The largest absolute Gasteiger partial charge is 0.493 e. The zero-order valence-corrected chi connectivity index (χ0v) is 20.2. The number of benzene rings is 3. The van der Waals surface area contributed by atoms with Gasteiger partial charge in [-0.25, -0.2) is 9.79 Å². The van der Waals surface area contributed by atoms with E-state index in [0.717, 1.165) is 25.8 Å². The molecule has 0 fully saturated rings. The van der Waals surface area contributed by atoms with E-state index in [1.54, 1.807) is 13.2 Å². The van der Waals surface area contributed by atoms with E-state index < -0.39 is 5.97 Å². The molecule has 4 rings (SSSR count). The van der Waals surface area contributed by atoms with Crippen molar-refractivity contribution in [3.05, 3.63) is 97.7 Å². The van der Waals surface area contributed by atoms with E-state index in [-0.39, 0.29) is 5.70 Å². The van der Waals surface area contributed by atoms with Crippen LogP contribution in [0.4, 0.5) is 0 Å². The second-order valence-corrected chi connectivity index (χ2v) is 8.62. The number of para-hydroxylation sites is 1. The lowest BCUT2D eigenvalue weighted by Crippen LogP contribution is -2.06. The van der Waals surface area contributed by atoms with Crippen molar-refractivity contribution in [1.82, 2.24) is 0 Å². The first-order valence-corrected chi connectivity index (χ1v) is 11.2. The van der Waals surface area contributed by atoms with E-state index in [4.69, 9.17) is 14.2 Å². The van der Waals surface area contributed by atoms with Gasteiger partial charge in [-0.1, -0.05) is 42.0 Å². The van der Waals surface area contributed by atoms with Crippen LogP contribution in [0.25, 0.3) is 6.08 Å². The third-order valence-corrected chi connectivity index (χ3v) is 6.22. The summed E-state index contributed by atoms with van der Waals surface area (Å²) in [6.45, 7) is 4.42. The lowest BCUT2D eigenvalue weighted by Gasteiger charge is -2.14. The van der Waals surface area contributed by atoms with E-state index in [0.29, 0.717) is 29.6 Å². The molecule has 0 amide bonds. The lowest BCUT2D eigenvalue weighted by atomic mass is 10.1. The molecule has 1 aliphatic rings. The number of hydrogen-bond donors (Lipinski definition) is 0. The Morgan fingerprint density at radius 3 is 2.62 bits per heavy atom. The Kier molecular flexibility index (Phi) is 6.60. The predicted molar refractivity (Wildman–Crippen MR) is 133 cm³/mol. The first-order chi connectivity index (χ1) is 15.4. The first-order valence-electron chi connectivity index (χ1n) is 10.1. The molecular formula is C26H22INO4. The number of rotatable bonds is 6. The van der Waals surface area contributed by atoms with Crippen molar-refractivity contribution in [2.45, 2.75) is 20.5 Å². The monoisotopic (exact) mass is 539 g/mol. The highest BCUT2D eigenvalue weighted by molar-refractivity contribution is 14.1. The molecule has 1 aliphatic heterocycles. The van der Waals surface area contributed by atoms with Crippen molar-refractivity contribution in [2.75, 3.05) is 7.11 Å². The fourth-order valence-electron chi connectivity index (χ4n) is 3.38. The quantitative estimate of drug-likeness (QED) is 0.225. The minimum absolute atomic E-state index is 0.213. The molecule has 32 heavy (non-hydrogen) atoms. The molecule has 0 bridgehead atoms. The van der Waals surface area contributed by atoms with Gasteiger partial charge in [0.25, 0.3) is 0 Å². The number of carbonyl (C=O) groups is 1. The van der Waals surface area contributed by atoms with Crippen molar-refractivity contribution in [3.8, 4) is 11.5 Å². The average Bonchev–Trinajstić information content (AvgIpc) is 3.14. The molecule has 3 aromatic rings.